The summed E-state index contributed by atoms with van der Waals surface area (Å²) in [6.45, 7) is 12.0. The number of aryl methyl sites for hydroxylation is 1. The maximum Gasteiger partial charge on any atom is 0.253 e. The largest absolute Gasteiger partial charge is 0.318 e. The number of nitrogens with zero attached hydrogens (tertiary/aromatic N) is 4. The molecule has 1 aliphatic heterocycles. The van der Waals surface area contributed by atoms with Crippen LogP contribution in [-0.2, 0) is 7.05 Å². The molecule has 0 spiro atoms. The average Bonchev–Trinajstić information content (AvgIpc) is 3.30. The molecular weight excluding hydrogens is 430 g/mol. The number of thiazole rings is 1. The normalized spacial score (nSPS) is 17.9. The van der Waals surface area contributed by atoms with Crippen LogP contribution in [0, 0.1) is 19.8 Å². The lowest BCUT2D eigenvalue weighted by molar-refractivity contribution is 0.205. The van der Waals surface area contributed by atoms with Crippen LogP contribution in [0.3, 0.4) is 0 Å². The van der Waals surface area contributed by atoms with E-state index in [4.69, 9.17) is 10.1 Å². The van der Waals surface area contributed by atoms with Gasteiger partial charge in [0.2, 0.25) is 0 Å². The number of hydrogen-bond donors (Lipinski definition) is 1. The van der Waals surface area contributed by atoms with Gasteiger partial charge < -0.3 is 9.47 Å². The van der Waals surface area contributed by atoms with E-state index in [-0.39, 0.29) is 11.5 Å². The molecule has 6 nitrogen and oxygen atoms in total. The van der Waals surface area contributed by atoms with Crippen molar-refractivity contribution in [2.45, 2.75) is 65.2 Å². The number of hydrogen-bond acceptors (Lipinski definition) is 5. The first-order valence-corrected chi connectivity index (χ1v) is 13.1. The first-order chi connectivity index (χ1) is 15.8. The van der Waals surface area contributed by atoms with Crippen molar-refractivity contribution in [2.75, 3.05) is 19.6 Å². The minimum Gasteiger partial charge on any atom is -0.318 e. The van der Waals surface area contributed by atoms with Gasteiger partial charge in [-0.3, -0.25) is 9.89 Å². The molecule has 1 N–H and O–H groups in total. The fourth-order valence-corrected chi connectivity index (χ4v) is 6.25. The van der Waals surface area contributed by atoms with Crippen LogP contribution in [0.15, 0.2) is 17.2 Å². The van der Waals surface area contributed by atoms with E-state index >= 15 is 0 Å². The smallest absolute Gasteiger partial charge is 0.253 e. The van der Waals surface area contributed by atoms with E-state index in [1.807, 2.05) is 38.4 Å². The van der Waals surface area contributed by atoms with Gasteiger partial charge in [-0.05, 0) is 75.9 Å². The lowest BCUT2D eigenvalue weighted by atomic mass is 9.94. The van der Waals surface area contributed by atoms with Crippen LogP contribution in [-0.4, -0.2) is 44.3 Å². The van der Waals surface area contributed by atoms with Crippen molar-refractivity contribution in [2.24, 2.45) is 13.0 Å². The second-order valence-corrected chi connectivity index (χ2v) is 11.4. The molecule has 3 aromatic heterocycles. The molecule has 0 radical (unpaired) electrons. The summed E-state index contributed by atoms with van der Waals surface area (Å²) in [5, 5.41) is 9.07. The number of likely N-dealkylation sites (tertiary alicyclic amines) is 1. The van der Waals surface area contributed by atoms with Gasteiger partial charge in [-0.25, -0.2) is 4.98 Å². The van der Waals surface area contributed by atoms with Crippen molar-refractivity contribution in [3.63, 3.8) is 0 Å². The third kappa shape index (κ3) is 4.33. The third-order valence-electron chi connectivity index (χ3n) is 7.51. The van der Waals surface area contributed by atoms with Gasteiger partial charge >= 0.3 is 0 Å². The van der Waals surface area contributed by atoms with Gasteiger partial charge in [0, 0.05) is 47.6 Å². The molecule has 0 unspecified atom stereocenters. The number of rotatable bonds is 6. The van der Waals surface area contributed by atoms with Gasteiger partial charge in [-0.15, -0.1) is 11.3 Å². The van der Waals surface area contributed by atoms with E-state index in [1.54, 1.807) is 4.57 Å². The molecule has 0 amide bonds. The van der Waals surface area contributed by atoms with E-state index < -0.39 is 0 Å². The maximum atomic E-state index is 12.4. The first kappa shape index (κ1) is 22.5. The zero-order chi connectivity index (χ0) is 23.3. The molecular formula is C26H35N5OS. The predicted molar refractivity (Wildman–Crippen MR) is 135 cm³/mol. The van der Waals surface area contributed by atoms with E-state index in [0.717, 1.165) is 39.0 Å². The fourth-order valence-electron chi connectivity index (χ4n) is 5.15. The molecule has 1 aliphatic carbocycles. The summed E-state index contributed by atoms with van der Waals surface area (Å²) >= 11 is 1.82. The number of pyridine rings is 1. The Morgan fingerprint density at radius 1 is 1.15 bits per heavy atom. The molecule has 2 aliphatic rings. The van der Waals surface area contributed by atoms with Crippen LogP contribution in [0.1, 0.15) is 72.9 Å². The Morgan fingerprint density at radius 3 is 2.55 bits per heavy atom. The Hall–Kier alpha value is -2.25. The molecule has 5 rings (SSSR count). The topological polar surface area (TPSA) is 66.8 Å². The SMILES string of the molecule is Cc1c(-c2n[nH]c(-c3ncc(C4CCN(CC5CC5)CC4)s3)c2C(C)C)cn(C)c(=O)c1C. The van der Waals surface area contributed by atoms with Crippen LogP contribution < -0.4 is 5.56 Å². The molecule has 176 valence electrons. The molecule has 4 heterocycles. The van der Waals surface area contributed by atoms with E-state index in [1.165, 1.54) is 55.8 Å². The number of nitrogens with one attached hydrogen (secondary N) is 1. The van der Waals surface area contributed by atoms with Crippen molar-refractivity contribution >= 4 is 11.3 Å². The molecule has 0 aromatic carbocycles. The Kier molecular flexibility index (Phi) is 6.04. The van der Waals surface area contributed by atoms with Gasteiger partial charge in [0.1, 0.15) is 5.01 Å². The highest BCUT2D eigenvalue weighted by atomic mass is 32.1. The Balaban J connectivity index is 1.43. The lowest BCUT2D eigenvalue weighted by Gasteiger charge is -2.31. The highest BCUT2D eigenvalue weighted by molar-refractivity contribution is 7.15. The van der Waals surface area contributed by atoms with Crippen molar-refractivity contribution in [3.8, 4) is 22.0 Å². The molecule has 33 heavy (non-hydrogen) atoms. The molecule has 7 heteroatoms. The van der Waals surface area contributed by atoms with Crippen LogP contribution >= 0.6 is 11.3 Å². The number of aromatic nitrogens is 4. The summed E-state index contributed by atoms with van der Waals surface area (Å²) in [5.41, 5.74) is 5.96. The summed E-state index contributed by atoms with van der Waals surface area (Å²) in [6.07, 6.45) is 9.33. The Bertz CT molecular complexity index is 1210. The lowest BCUT2D eigenvalue weighted by Crippen LogP contribution is -2.34. The highest BCUT2D eigenvalue weighted by Crippen LogP contribution is 2.41. The van der Waals surface area contributed by atoms with Gasteiger partial charge in [0.15, 0.2) is 0 Å². The monoisotopic (exact) mass is 465 g/mol. The molecule has 0 bridgehead atoms. The van der Waals surface area contributed by atoms with Crippen molar-refractivity contribution < 1.29 is 0 Å². The van der Waals surface area contributed by atoms with E-state index in [2.05, 4.69) is 30.0 Å². The van der Waals surface area contributed by atoms with Crippen LogP contribution in [0.5, 0.6) is 0 Å². The van der Waals surface area contributed by atoms with Gasteiger partial charge in [0.25, 0.3) is 5.56 Å². The van der Waals surface area contributed by atoms with Gasteiger partial charge in [-0.1, -0.05) is 13.8 Å². The molecule has 1 saturated heterocycles. The standard InChI is InChI=1S/C26H35N5OS/c1-15(2)22-23(20-14-30(5)26(32)17(4)16(20)3)28-29-24(22)25-27-12-21(33-25)19-8-10-31(11-9-19)13-18-6-7-18/h12,14-15,18-19H,6-11,13H2,1-5H3,(H,28,29). The fraction of sp³-hybridized carbons (Fsp3) is 0.577. The average molecular weight is 466 g/mol. The van der Waals surface area contributed by atoms with E-state index in [0.29, 0.717) is 5.92 Å². The molecule has 0 atom stereocenters. The van der Waals surface area contributed by atoms with Gasteiger partial charge in [0.05, 0.1) is 11.4 Å². The number of aromatic amines is 1. The van der Waals surface area contributed by atoms with Crippen LogP contribution in [0.4, 0.5) is 0 Å². The van der Waals surface area contributed by atoms with E-state index in [9.17, 15) is 4.79 Å². The number of H-pyrrole nitrogens is 1. The zero-order valence-corrected chi connectivity index (χ0v) is 21.3. The predicted octanol–water partition coefficient (Wildman–Crippen LogP) is 5.23. The van der Waals surface area contributed by atoms with Crippen molar-refractivity contribution in [1.29, 1.82) is 0 Å². The Labute approximate surface area is 200 Å². The van der Waals surface area contributed by atoms with Gasteiger partial charge in [-0.2, -0.15) is 5.10 Å². The first-order valence-electron chi connectivity index (χ1n) is 12.3. The summed E-state index contributed by atoms with van der Waals surface area (Å²) in [7, 11) is 1.81. The summed E-state index contributed by atoms with van der Waals surface area (Å²) in [4.78, 5) is 21.3. The molecule has 1 saturated carbocycles. The molecule has 3 aromatic rings. The minimum absolute atomic E-state index is 0.0471. The minimum atomic E-state index is 0.0471. The van der Waals surface area contributed by atoms with Crippen LogP contribution in [0.2, 0.25) is 0 Å². The van der Waals surface area contributed by atoms with Crippen molar-refractivity contribution in [1.82, 2.24) is 24.6 Å². The zero-order valence-electron chi connectivity index (χ0n) is 20.4. The quantitative estimate of drug-likeness (QED) is 0.541. The van der Waals surface area contributed by atoms with Crippen molar-refractivity contribution in [3.05, 3.63) is 44.3 Å². The van der Waals surface area contributed by atoms with Crippen LogP contribution in [0.25, 0.3) is 22.0 Å². The summed E-state index contributed by atoms with van der Waals surface area (Å²) in [6, 6.07) is 0. The number of piperidine rings is 1. The maximum absolute atomic E-state index is 12.4. The second-order valence-electron chi connectivity index (χ2n) is 10.3. The second kappa shape index (κ2) is 8.84. The summed E-state index contributed by atoms with van der Waals surface area (Å²) < 4.78 is 1.66. The summed E-state index contributed by atoms with van der Waals surface area (Å²) in [5.74, 6) is 1.87. The molecule has 2 fully saturated rings. The third-order valence-corrected chi connectivity index (χ3v) is 8.68. The Morgan fingerprint density at radius 2 is 1.88 bits per heavy atom. The highest BCUT2D eigenvalue weighted by Gasteiger charge is 2.29.